The summed E-state index contributed by atoms with van der Waals surface area (Å²) in [7, 11) is 0. The molecule has 0 aromatic heterocycles. The van der Waals surface area contributed by atoms with Crippen LogP contribution in [0, 0.1) is 0 Å². The van der Waals surface area contributed by atoms with Gasteiger partial charge >= 0.3 is 11.9 Å². The van der Waals surface area contributed by atoms with Gasteiger partial charge in [-0.3, -0.25) is 14.4 Å². The number of carboxylic acid groups (broad SMARTS) is 1. The molecule has 0 fully saturated rings. The maximum absolute atomic E-state index is 12.8. The lowest BCUT2D eigenvalue weighted by molar-refractivity contribution is -0.150. The molecule has 0 aliphatic heterocycles. The number of aliphatic hydroxyl groups excluding tert-OH is 1. The normalized spacial score (nSPS) is 13.0. The summed E-state index contributed by atoms with van der Waals surface area (Å²) >= 11 is 0. The van der Waals surface area contributed by atoms with Crippen molar-refractivity contribution in [2.24, 2.45) is 0 Å². The molecule has 0 saturated heterocycles. The fourth-order valence-electron chi connectivity index (χ4n) is 6.29. The second-order valence-electron chi connectivity index (χ2n) is 15.1. The smallest absolute Gasteiger partial charge is 0.328 e. The number of carbonyl (C=O) groups is 4. The van der Waals surface area contributed by atoms with Crippen LogP contribution in [0.25, 0.3) is 0 Å². The van der Waals surface area contributed by atoms with Crippen molar-refractivity contribution in [1.82, 2.24) is 10.6 Å². The van der Waals surface area contributed by atoms with Gasteiger partial charge in [-0.2, -0.15) is 0 Å². The monoisotopic (exact) mass is 799 g/mol. The predicted octanol–water partition coefficient (Wildman–Crippen LogP) is 11.3. The number of unbranched alkanes of at least 4 members (excludes halogenated alkanes) is 16. The highest BCUT2D eigenvalue weighted by Crippen LogP contribution is 2.17. The van der Waals surface area contributed by atoms with E-state index >= 15 is 0 Å². The Bertz CT molecular complexity index is 1140. The van der Waals surface area contributed by atoms with Crippen LogP contribution in [0.15, 0.2) is 60.8 Å². The molecule has 2 atom stereocenters. The van der Waals surface area contributed by atoms with E-state index in [0.29, 0.717) is 12.8 Å². The molecule has 0 aliphatic carbocycles. The highest BCUT2D eigenvalue weighted by atomic mass is 16.5. The zero-order valence-corrected chi connectivity index (χ0v) is 36.1. The Labute approximate surface area is 347 Å². The first-order valence-electron chi connectivity index (χ1n) is 22.7. The van der Waals surface area contributed by atoms with Crippen molar-refractivity contribution in [2.75, 3.05) is 13.2 Å². The standard InChI is InChI=1S/C48H82N2O7/c1-3-5-7-9-11-13-15-17-18-19-21-23-25-27-32-36-40-47(54)57-43(37-33-29-26-24-22-20-16-14-12-10-8-6-4-2)38-34-30-28-31-35-39-45(52)49-41-46(53)50-44(42-51)48(55)56/h6,8,12,14,18-20,22,26,29,43-44,51H,3-5,7,9-11,13,15-17,21,23-25,27-28,30-42H2,1-2H3,(H,49,52)(H,50,53)(H,55,56)/b8-6-,14-12-,19-18-,22-20-,29-26-. The predicted molar refractivity (Wildman–Crippen MR) is 236 cm³/mol. The van der Waals surface area contributed by atoms with Crippen LogP contribution in [0.2, 0.25) is 0 Å². The number of aliphatic hydroxyl groups is 1. The van der Waals surface area contributed by atoms with Crippen LogP contribution in [-0.4, -0.2) is 59.3 Å². The minimum Gasteiger partial charge on any atom is -0.480 e. The largest absolute Gasteiger partial charge is 0.480 e. The molecular weight excluding hydrogens is 717 g/mol. The van der Waals surface area contributed by atoms with Crippen molar-refractivity contribution in [1.29, 1.82) is 0 Å². The molecule has 0 heterocycles. The Hall–Kier alpha value is -3.46. The van der Waals surface area contributed by atoms with Gasteiger partial charge in [-0.1, -0.05) is 152 Å². The molecule has 2 unspecified atom stereocenters. The Morgan fingerprint density at radius 1 is 0.544 bits per heavy atom. The number of hydrogen-bond donors (Lipinski definition) is 4. The molecule has 0 spiro atoms. The third-order valence-electron chi connectivity index (χ3n) is 9.76. The van der Waals surface area contributed by atoms with Crippen molar-refractivity contribution < 1.29 is 34.1 Å². The minimum atomic E-state index is -1.39. The first kappa shape index (κ1) is 53.5. The number of esters is 1. The van der Waals surface area contributed by atoms with Gasteiger partial charge in [0.1, 0.15) is 12.1 Å². The maximum Gasteiger partial charge on any atom is 0.328 e. The lowest BCUT2D eigenvalue weighted by Crippen LogP contribution is -2.47. The molecule has 2 amide bonds. The van der Waals surface area contributed by atoms with Crippen LogP contribution in [-0.2, 0) is 23.9 Å². The molecule has 0 saturated carbocycles. The molecule has 57 heavy (non-hydrogen) atoms. The van der Waals surface area contributed by atoms with Crippen molar-refractivity contribution >= 4 is 23.8 Å². The van der Waals surface area contributed by atoms with Crippen molar-refractivity contribution in [3.05, 3.63) is 60.8 Å². The van der Waals surface area contributed by atoms with Crippen molar-refractivity contribution in [3.8, 4) is 0 Å². The van der Waals surface area contributed by atoms with Crippen LogP contribution in [0.1, 0.15) is 194 Å². The molecule has 9 nitrogen and oxygen atoms in total. The summed E-state index contributed by atoms with van der Waals surface area (Å²) in [6.07, 6.45) is 51.1. The summed E-state index contributed by atoms with van der Waals surface area (Å²) in [4.78, 5) is 47.6. The molecule has 0 bridgehead atoms. The summed E-state index contributed by atoms with van der Waals surface area (Å²) < 4.78 is 5.99. The topological polar surface area (TPSA) is 142 Å². The van der Waals surface area contributed by atoms with Gasteiger partial charge < -0.3 is 25.6 Å². The van der Waals surface area contributed by atoms with Gasteiger partial charge in [0.2, 0.25) is 11.8 Å². The second-order valence-corrected chi connectivity index (χ2v) is 15.1. The molecule has 9 heteroatoms. The van der Waals surface area contributed by atoms with Gasteiger partial charge in [0.05, 0.1) is 13.2 Å². The Morgan fingerprint density at radius 3 is 1.60 bits per heavy atom. The lowest BCUT2D eigenvalue weighted by Gasteiger charge is -2.17. The number of amides is 2. The lowest BCUT2D eigenvalue weighted by atomic mass is 10.0. The van der Waals surface area contributed by atoms with Gasteiger partial charge in [0.15, 0.2) is 0 Å². The van der Waals surface area contributed by atoms with Crippen LogP contribution in [0.5, 0.6) is 0 Å². The van der Waals surface area contributed by atoms with Gasteiger partial charge in [0, 0.05) is 12.8 Å². The van der Waals surface area contributed by atoms with Crippen LogP contribution >= 0.6 is 0 Å². The summed E-state index contributed by atoms with van der Waals surface area (Å²) in [6.45, 7) is 3.35. The SMILES string of the molecule is CC/C=C\C/C=C\C/C=C\C/C=C\CCC(CCCCCCCC(=O)NCC(=O)NC(CO)C(=O)O)OC(=O)CCCCCCC/C=C\CCCCCCCCC. The van der Waals surface area contributed by atoms with Crippen LogP contribution in [0.3, 0.4) is 0 Å². The van der Waals surface area contributed by atoms with Gasteiger partial charge in [-0.05, 0) is 89.9 Å². The second kappa shape index (κ2) is 42.2. The number of carbonyl (C=O) groups excluding carboxylic acids is 3. The van der Waals surface area contributed by atoms with Crippen LogP contribution in [0.4, 0.5) is 0 Å². The number of allylic oxidation sites excluding steroid dienone is 10. The minimum absolute atomic E-state index is 0.0898. The molecule has 0 rings (SSSR count). The highest BCUT2D eigenvalue weighted by Gasteiger charge is 2.19. The van der Waals surface area contributed by atoms with Gasteiger partial charge in [0.25, 0.3) is 0 Å². The number of hydrogen-bond acceptors (Lipinski definition) is 6. The third-order valence-corrected chi connectivity index (χ3v) is 9.76. The van der Waals surface area contributed by atoms with E-state index < -0.39 is 24.5 Å². The molecular formula is C48H82N2O7. The van der Waals surface area contributed by atoms with Gasteiger partial charge in [-0.15, -0.1) is 0 Å². The highest BCUT2D eigenvalue weighted by molar-refractivity contribution is 5.87. The zero-order chi connectivity index (χ0) is 41.9. The van der Waals surface area contributed by atoms with E-state index in [0.717, 1.165) is 96.3 Å². The number of ether oxygens (including phenoxy) is 1. The average molecular weight is 799 g/mol. The van der Waals surface area contributed by atoms with E-state index in [2.05, 4.69) is 85.2 Å². The number of carboxylic acids is 1. The first-order valence-corrected chi connectivity index (χ1v) is 22.7. The molecule has 326 valence electrons. The number of rotatable bonds is 40. The summed E-state index contributed by atoms with van der Waals surface area (Å²) in [5.41, 5.74) is 0. The first-order chi connectivity index (χ1) is 27.8. The number of aliphatic carboxylic acids is 1. The van der Waals surface area contributed by atoms with Crippen molar-refractivity contribution in [3.63, 3.8) is 0 Å². The van der Waals surface area contributed by atoms with E-state index in [1.807, 2.05) is 0 Å². The zero-order valence-electron chi connectivity index (χ0n) is 36.1. The van der Waals surface area contributed by atoms with E-state index in [4.69, 9.17) is 14.9 Å². The molecule has 4 N–H and O–H groups in total. The quantitative estimate of drug-likeness (QED) is 0.0275. The molecule has 0 aromatic carbocycles. The van der Waals surface area contributed by atoms with E-state index in [1.165, 1.54) is 64.2 Å². The van der Waals surface area contributed by atoms with E-state index in [-0.39, 0.29) is 30.9 Å². The maximum atomic E-state index is 12.8. The van der Waals surface area contributed by atoms with Crippen molar-refractivity contribution in [2.45, 2.75) is 206 Å². The van der Waals surface area contributed by atoms with E-state index in [9.17, 15) is 19.2 Å². The molecule has 0 aromatic rings. The van der Waals surface area contributed by atoms with E-state index in [1.54, 1.807) is 0 Å². The Kier molecular flexibility index (Phi) is 39.6. The van der Waals surface area contributed by atoms with Gasteiger partial charge in [-0.25, -0.2) is 4.79 Å². The summed E-state index contributed by atoms with van der Waals surface area (Å²) in [5.74, 6) is -2.36. The fraction of sp³-hybridized carbons (Fsp3) is 0.708. The molecule has 0 aliphatic rings. The summed E-state index contributed by atoms with van der Waals surface area (Å²) in [5, 5.41) is 22.6. The third kappa shape index (κ3) is 39.2. The fourth-order valence-corrected chi connectivity index (χ4v) is 6.29. The van der Waals surface area contributed by atoms with Crippen LogP contribution < -0.4 is 10.6 Å². The number of nitrogens with one attached hydrogen (secondary N) is 2. The average Bonchev–Trinajstić information content (AvgIpc) is 3.20. The Balaban J connectivity index is 4.43. The summed E-state index contributed by atoms with van der Waals surface area (Å²) in [6, 6.07) is -1.39. The molecule has 0 radical (unpaired) electrons. The Morgan fingerprint density at radius 2 is 1.04 bits per heavy atom.